The summed E-state index contributed by atoms with van der Waals surface area (Å²) in [6.07, 6.45) is 4.78. The molecule has 2 aliphatic carbocycles. The van der Waals surface area contributed by atoms with Gasteiger partial charge in [-0.1, -0.05) is 160 Å². The van der Waals surface area contributed by atoms with Crippen LogP contribution in [0.1, 0.15) is 72.6 Å². The van der Waals surface area contributed by atoms with E-state index in [1.165, 1.54) is 115 Å². The molecule has 9 aromatic rings. The molecule has 12 rings (SSSR count). The van der Waals surface area contributed by atoms with Gasteiger partial charge in [-0.05, 0) is 129 Å². The van der Waals surface area contributed by atoms with Gasteiger partial charge in [-0.15, -0.1) is 11.3 Å². The first-order chi connectivity index (χ1) is 29.4. The maximum absolute atomic E-state index is 2.62. The molecule has 0 saturated carbocycles. The average Bonchev–Trinajstić information content (AvgIpc) is 3.81. The van der Waals surface area contributed by atoms with E-state index >= 15 is 0 Å². The van der Waals surface area contributed by atoms with Gasteiger partial charge in [0.25, 0.3) is 0 Å². The van der Waals surface area contributed by atoms with E-state index in [1.54, 1.807) is 0 Å². The van der Waals surface area contributed by atoms with Crippen LogP contribution in [-0.2, 0) is 23.7 Å². The number of rotatable bonds is 4. The van der Waals surface area contributed by atoms with Crippen LogP contribution in [0.3, 0.4) is 0 Å². The van der Waals surface area contributed by atoms with Crippen molar-refractivity contribution < 1.29 is 0 Å². The lowest BCUT2D eigenvalue weighted by molar-refractivity contribution is 0.590. The highest BCUT2D eigenvalue weighted by atomic mass is 32.2. The van der Waals surface area contributed by atoms with E-state index in [0.717, 1.165) is 18.5 Å². The molecule has 0 unspecified atom stereocenters. The summed E-state index contributed by atoms with van der Waals surface area (Å²) in [7, 11) is 0. The van der Waals surface area contributed by atoms with Crippen LogP contribution in [0.5, 0.6) is 0 Å². The van der Waals surface area contributed by atoms with Crippen molar-refractivity contribution in [2.75, 3.05) is 4.90 Å². The number of nitrogens with zero attached hydrogens (tertiary/aromatic N) is 1. The van der Waals surface area contributed by atoms with Crippen molar-refractivity contribution in [1.29, 1.82) is 0 Å². The fourth-order valence-electron chi connectivity index (χ4n) is 10.8. The zero-order chi connectivity index (χ0) is 40.2. The third-order valence-electron chi connectivity index (χ3n) is 13.5. The highest BCUT2D eigenvalue weighted by molar-refractivity contribution is 7.99. The fourth-order valence-corrected chi connectivity index (χ4v) is 13.3. The normalized spacial score (nSPS) is 14.7. The lowest BCUT2D eigenvalue weighted by atomic mass is 9.66. The molecule has 3 heteroatoms. The Morgan fingerprint density at radius 3 is 1.95 bits per heavy atom. The number of anilines is 3. The molecule has 0 amide bonds. The molecular weight excluding hydrogens is 763 g/mol. The van der Waals surface area contributed by atoms with Gasteiger partial charge in [-0.2, -0.15) is 0 Å². The molecule has 0 fully saturated rings. The molecule has 1 aromatic heterocycles. The molecule has 0 N–H and O–H groups in total. The molecule has 290 valence electrons. The Morgan fingerprint density at radius 1 is 0.517 bits per heavy atom. The Labute approximate surface area is 361 Å². The van der Waals surface area contributed by atoms with E-state index in [1.807, 2.05) is 23.1 Å². The molecule has 0 atom stereocenters. The molecule has 0 radical (unpaired) electrons. The lowest BCUT2D eigenvalue weighted by Gasteiger charge is -2.43. The standard InChI is InChI=1S/C57H45NS2/c1-56(2,3)37-30-32-38(33-31-37)58(48-26-15-29-52-53(48)44-21-8-12-27-50(44)59-52)49-35-34-43(40-22-14-17-36-16-4-5-18-39(36)40)55-54(49)57(47-25-11-13-28-51(47)60-55)45-23-9-6-19-41(45)42-20-7-10-24-46(42)57/h6-15,17,19-35H,4-5,16,18H2,1-3H3. The van der Waals surface area contributed by atoms with Crippen LogP contribution in [0.15, 0.2) is 180 Å². The summed E-state index contributed by atoms with van der Waals surface area (Å²) < 4.78 is 2.62. The summed E-state index contributed by atoms with van der Waals surface area (Å²) in [6, 6.07) is 65.2. The van der Waals surface area contributed by atoms with Gasteiger partial charge in [0.2, 0.25) is 0 Å². The van der Waals surface area contributed by atoms with E-state index in [0.29, 0.717) is 0 Å². The quantitative estimate of drug-likeness (QED) is 0.174. The zero-order valence-corrected chi connectivity index (χ0v) is 35.9. The Kier molecular flexibility index (Phi) is 8.15. The Morgan fingerprint density at radius 2 is 1.17 bits per heavy atom. The molecule has 0 saturated heterocycles. The molecule has 1 nitrogen and oxygen atoms in total. The minimum Gasteiger partial charge on any atom is -0.309 e. The van der Waals surface area contributed by atoms with E-state index < -0.39 is 5.41 Å². The third-order valence-corrected chi connectivity index (χ3v) is 15.8. The minimum atomic E-state index is -0.571. The summed E-state index contributed by atoms with van der Waals surface area (Å²) in [5.74, 6) is 0. The van der Waals surface area contributed by atoms with Crippen molar-refractivity contribution in [3.63, 3.8) is 0 Å². The third kappa shape index (κ3) is 5.18. The van der Waals surface area contributed by atoms with Gasteiger partial charge in [0, 0.05) is 41.2 Å². The van der Waals surface area contributed by atoms with E-state index in [9.17, 15) is 0 Å². The lowest BCUT2D eigenvalue weighted by Crippen LogP contribution is -2.34. The number of benzene rings is 8. The van der Waals surface area contributed by atoms with Gasteiger partial charge in [0.1, 0.15) is 0 Å². The van der Waals surface area contributed by atoms with Crippen molar-refractivity contribution in [2.45, 2.75) is 67.1 Å². The van der Waals surface area contributed by atoms with Gasteiger partial charge in [-0.25, -0.2) is 0 Å². The number of aryl methyl sites for hydroxylation is 1. The average molecular weight is 808 g/mol. The van der Waals surface area contributed by atoms with E-state index in [4.69, 9.17) is 0 Å². The molecular formula is C57H45NS2. The number of thiophene rings is 1. The van der Waals surface area contributed by atoms with E-state index in [2.05, 4.69) is 196 Å². The molecule has 0 bridgehead atoms. The smallest absolute Gasteiger partial charge is 0.0756 e. The van der Waals surface area contributed by atoms with Gasteiger partial charge in [0.05, 0.1) is 16.8 Å². The van der Waals surface area contributed by atoms with Crippen molar-refractivity contribution in [3.05, 3.63) is 209 Å². The minimum absolute atomic E-state index is 0.0320. The highest BCUT2D eigenvalue weighted by Crippen LogP contribution is 2.66. The second kappa shape index (κ2) is 13.6. The first kappa shape index (κ1) is 36.0. The highest BCUT2D eigenvalue weighted by Gasteiger charge is 2.52. The number of hydrogen-bond donors (Lipinski definition) is 0. The van der Waals surface area contributed by atoms with E-state index in [-0.39, 0.29) is 5.41 Å². The predicted molar refractivity (Wildman–Crippen MR) is 256 cm³/mol. The predicted octanol–water partition coefficient (Wildman–Crippen LogP) is 16.2. The number of fused-ring (bicyclic) bond motifs is 13. The first-order valence-corrected chi connectivity index (χ1v) is 23.1. The van der Waals surface area contributed by atoms with Gasteiger partial charge >= 0.3 is 0 Å². The summed E-state index contributed by atoms with van der Waals surface area (Å²) in [5.41, 5.74) is 18.2. The monoisotopic (exact) mass is 807 g/mol. The Balaban J connectivity index is 1.26. The number of hydrogen-bond acceptors (Lipinski definition) is 3. The molecule has 60 heavy (non-hydrogen) atoms. The Bertz CT molecular complexity index is 3130. The van der Waals surface area contributed by atoms with Crippen molar-refractivity contribution in [2.24, 2.45) is 0 Å². The van der Waals surface area contributed by atoms with Crippen molar-refractivity contribution in [3.8, 4) is 22.3 Å². The molecule has 8 aromatic carbocycles. The Hall–Kier alpha value is -5.87. The second-order valence-corrected chi connectivity index (χ2v) is 19.9. The van der Waals surface area contributed by atoms with Crippen LogP contribution in [0, 0.1) is 0 Å². The summed E-state index contributed by atoms with van der Waals surface area (Å²) in [4.78, 5) is 5.30. The molecule has 1 aliphatic heterocycles. The van der Waals surface area contributed by atoms with Crippen LogP contribution < -0.4 is 4.90 Å². The van der Waals surface area contributed by atoms with Crippen LogP contribution in [0.4, 0.5) is 17.1 Å². The van der Waals surface area contributed by atoms with Gasteiger partial charge < -0.3 is 4.90 Å². The first-order valence-electron chi connectivity index (χ1n) is 21.5. The van der Waals surface area contributed by atoms with Crippen LogP contribution in [0.25, 0.3) is 42.4 Å². The fraction of sp³-hybridized carbons (Fsp3) is 0.158. The van der Waals surface area contributed by atoms with Crippen LogP contribution in [0.2, 0.25) is 0 Å². The van der Waals surface area contributed by atoms with Gasteiger partial charge in [0.15, 0.2) is 0 Å². The maximum atomic E-state index is 2.62. The summed E-state index contributed by atoms with van der Waals surface area (Å²) in [6.45, 7) is 6.93. The van der Waals surface area contributed by atoms with Crippen molar-refractivity contribution >= 4 is 60.3 Å². The molecule has 3 aliphatic rings. The molecule has 1 spiro atoms. The van der Waals surface area contributed by atoms with Gasteiger partial charge in [-0.3, -0.25) is 0 Å². The molecule has 2 heterocycles. The summed E-state index contributed by atoms with van der Waals surface area (Å²) in [5, 5.41) is 2.61. The second-order valence-electron chi connectivity index (χ2n) is 17.8. The van der Waals surface area contributed by atoms with Crippen molar-refractivity contribution in [1.82, 2.24) is 0 Å². The van der Waals surface area contributed by atoms with Crippen LogP contribution >= 0.6 is 23.1 Å². The topological polar surface area (TPSA) is 3.24 Å². The SMILES string of the molecule is CC(C)(C)c1ccc(N(c2ccc(-c3cccc4c3CCCC4)c3c2C2(c4ccccc4S3)c3ccccc3-c3ccccc32)c2cccc3sc4ccccc4c23)cc1. The van der Waals surface area contributed by atoms with Crippen LogP contribution in [-0.4, -0.2) is 0 Å². The zero-order valence-electron chi connectivity index (χ0n) is 34.3. The largest absolute Gasteiger partial charge is 0.309 e. The maximum Gasteiger partial charge on any atom is 0.0756 e. The summed E-state index contributed by atoms with van der Waals surface area (Å²) >= 11 is 3.87.